The van der Waals surface area contributed by atoms with Crippen LogP contribution >= 0.6 is 0 Å². The Morgan fingerprint density at radius 2 is 1.39 bits per heavy atom. The van der Waals surface area contributed by atoms with Crippen molar-refractivity contribution < 1.29 is 9.59 Å². The molecule has 0 amide bonds. The third kappa shape index (κ3) is 10.4. The van der Waals surface area contributed by atoms with Crippen LogP contribution in [0.25, 0.3) is 0 Å². The number of carbonyl (C=O) groups is 2. The molecule has 0 spiro atoms. The van der Waals surface area contributed by atoms with Gasteiger partial charge in [-0.1, -0.05) is 32.9 Å². The molecule has 31 heavy (non-hydrogen) atoms. The second-order valence-electron chi connectivity index (χ2n) is 10.1. The third-order valence-electron chi connectivity index (χ3n) is 5.70. The number of aromatic nitrogens is 7. The summed E-state index contributed by atoms with van der Waals surface area (Å²) in [7, 11) is 0. The summed E-state index contributed by atoms with van der Waals surface area (Å²) in [5.41, 5.74) is 1.16. The molecule has 0 atom stereocenters. The predicted octanol–water partition coefficient (Wildman–Crippen LogP) is 3.80. The Labute approximate surface area is 184 Å². The number of ketones is 2. The van der Waals surface area contributed by atoms with Gasteiger partial charge in [-0.2, -0.15) is 0 Å². The monoisotopic (exact) mass is 431 g/mol. The SMILES string of the molecule is CC(C)(CCCC(=O)CCCC(=O)CCCC(C)(C)Cc1nnn[nH]1)Cc1cnn[nH]1. The zero-order valence-corrected chi connectivity index (χ0v) is 19.4. The normalized spacial score (nSPS) is 12.3. The van der Waals surface area contributed by atoms with Crippen molar-refractivity contribution in [3.05, 3.63) is 17.7 Å². The molecule has 0 fully saturated rings. The minimum Gasteiger partial charge on any atom is -0.300 e. The Morgan fingerprint density at radius 1 is 0.806 bits per heavy atom. The number of tetrazole rings is 1. The molecule has 0 saturated carbocycles. The molecule has 9 nitrogen and oxygen atoms in total. The second-order valence-corrected chi connectivity index (χ2v) is 10.1. The molecule has 2 rings (SSSR count). The number of Topliss-reactive ketones (excluding diaryl/α,β-unsaturated/α-hetero) is 2. The van der Waals surface area contributed by atoms with E-state index in [2.05, 4.69) is 63.7 Å². The van der Waals surface area contributed by atoms with E-state index in [9.17, 15) is 9.59 Å². The molecule has 172 valence electrons. The molecule has 0 aliphatic rings. The van der Waals surface area contributed by atoms with Crippen LogP contribution < -0.4 is 0 Å². The molecule has 0 radical (unpaired) electrons. The number of H-pyrrole nitrogens is 2. The van der Waals surface area contributed by atoms with Crippen LogP contribution in [0, 0.1) is 10.8 Å². The Balaban J connectivity index is 1.52. The molecule has 0 aromatic carbocycles. The number of carbonyl (C=O) groups excluding carboxylic acids is 2. The van der Waals surface area contributed by atoms with Gasteiger partial charge >= 0.3 is 0 Å². The van der Waals surface area contributed by atoms with E-state index in [1.807, 2.05) is 0 Å². The summed E-state index contributed by atoms with van der Waals surface area (Å²) in [5.74, 6) is 1.28. The summed E-state index contributed by atoms with van der Waals surface area (Å²) >= 11 is 0. The van der Waals surface area contributed by atoms with Crippen LogP contribution in [0.3, 0.4) is 0 Å². The molecule has 0 saturated heterocycles. The maximum absolute atomic E-state index is 12.2. The number of aromatic amines is 2. The van der Waals surface area contributed by atoms with Crippen molar-refractivity contribution in [3.63, 3.8) is 0 Å². The Hall–Kier alpha value is -2.45. The first-order valence-corrected chi connectivity index (χ1v) is 11.3. The molecule has 0 aliphatic carbocycles. The number of hydrogen-bond donors (Lipinski definition) is 2. The average molecular weight is 432 g/mol. The fraction of sp³-hybridized carbons (Fsp3) is 0.773. The number of hydrogen-bond acceptors (Lipinski definition) is 7. The lowest BCUT2D eigenvalue weighted by atomic mass is 9.82. The second kappa shape index (κ2) is 11.8. The zero-order valence-electron chi connectivity index (χ0n) is 19.4. The highest BCUT2D eigenvalue weighted by Gasteiger charge is 2.21. The van der Waals surface area contributed by atoms with E-state index in [4.69, 9.17) is 0 Å². The van der Waals surface area contributed by atoms with Gasteiger partial charge in [-0.3, -0.25) is 14.7 Å². The molecule has 2 aromatic rings. The minimum absolute atomic E-state index is 0.0408. The fourth-order valence-electron chi connectivity index (χ4n) is 3.97. The fourth-order valence-corrected chi connectivity index (χ4v) is 3.97. The van der Waals surface area contributed by atoms with Crippen LogP contribution in [0.15, 0.2) is 6.20 Å². The van der Waals surface area contributed by atoms with E-state index in [1.165, 1.54) is 0 Å². The maximum Gasteiger partial charge on any atom is 0.148 e. The molecule has 0 aliphatic heterocycles. The summed E-state index contributed by atoms with van der Waals surface area (Å²) in [4.78, 5) is 24.3. The van der Waals surface area contributed by atoms with E-state index in [-0.39, 0.29) is 22.4 Å². The van der Waals surface area contributed by atoms with Gasteiger partial charge < -0.3 is 0 Å². The van der Waals surface area contributed by atoms with Gasteiger partial charge in [0, 0.05) is 32.1 Å². The van der Waals surface area contributed by atoms with Crippen LogP contribution in [0.5, 0.6) is 0 Å². The van der Waals surface area contributed by atoms with Gasteiger partial charge in [-0.15, -0.1) is 10.2 Å². The van der Waals surface area contributed by atoms with Gasteiger partial charge in [-0.05, 0) is 59.8 Å². The van der Waals surface area contributed by atoms with Crippen molar-refractivity contribution in [1.82, 2.24) is 36.0 Å². The standard InChI is InChI=1S/C22H37N7O2/c1-21(2,14-17-16-23-27-24-17)12-6-10-18(30)8-5-9-19(31)11-7-13-22(3,4)15-20-25-28-29-26-20/h16H,5-15H2,1-4H3,(H,23,24,27)(H,25,26,28,29). The first kappa shape index (κ1) is 24.8. The molecule has 0 bridgehead atoms. The lowest BCUT2D eigenvalue weighted by molar-refractivity contribution is -0.120. The largest absolute Gasteiger partial charge is 0.300 e. The Bertz CT molecular complexity index is 717. The molecular formula is C22H37N7O2. The van der Waals surface area contributed by atoms with Gasteiger partial charge in [0.05, 0.1) is 11.9 Å². The summed E-state index contributed by atoms with van der Waals surface area (Å²) < 4.78 is 0. The molecule has 9 heteroatoms. The van der Waals surface area contributed by atoms with Gasteiger partial charge in [0.25, 0.3) is 0 Å². The van der Waals surface area contributed by atoms with E-state index in [1.54, 1.807) is 6.20 Å². The first-order valence-electron chi connectivity index (χ1n) is 11.3. The van der Waals surface area contributed by atoms with Crippen molar-refractivity contribution in [2.75, 3.05) is 0 Å². The van der Waals surface area contributed by atoms with E-state index < -0.39 is 0 Å². The van der Waals surface area contributed by atoms with Crippen molar-refractivity contribution in [2.45, 2.75) is 98.3 Å². The lowest BCUT2D eigenvalue weighted by Gasteiger charge is -2.23. The molecule has 2 N–H and O–H groups in total. The topological polar surface area (TPSA) is 130 Å². The van der Waals surface area contributed by atoms with E-state index >= 15 is 0 Å². The van der Waals surface area contributed by atoms with Crippen LogP contribution in [-0.4, -0.2) is 47.6 Å². The quantitative estimate of drug-likeness (QED) is 0.413. The van der Waals surface area contributed by atoms with E-state index in [0.717, 1.165) is 50.0 Å². The van der Waals surface area contributed by atoms with Gasteiger partial charge in [0.1, 0.15) is 17.4 Å². The first-order chi connectivity index (χ1) is 14.7. The highest BCUT2D eigenvalue weighted by atomic mass is 16.1. The minimum atomic E-state index is 0.0408. The highest BCUT2D eigenvalue weighted by molar-refractivity contribution is 5.81. The van der Waals surface area contributed by atoms with Crippen LogP contribution in [0.4, 0.5) is 0 Å². The predicted molar refractivity (Wildman–Crippen MR) is 117 cm³/mol. The molecule has 0 unspecified atom stereocenters. The Morgan fingerprint density at radius 3 is 1.90 bits per heavy atom. The van der Waals surface area contributed by atoms with Gasteiger partial charge in [0.2, 0.25) is 0 Å². The van der Waals surface area contributed by atoms with Gasteiger partial charge in [0.15, 0.2) is 0 Å². The van der Waals surface area contributed by atoms with Crippen molar-refractivity contribution in [1.29, 1.82) is 0 Å². The van der Waals surface area contributed by atoms with Gasteiger partial charge in [-0.25, -0.2) is 5.10 Å². The molecular weight excluding hydrogens is 394 g/mol. The molecule has 2 aromatic heterocycles. The average Bonchev–Trinajstić information content (AvgIpc) is 3.34. The molecule has 2 heterocycles. The van der Waals surface area contributed by atoms with E-state index in [0.29, 0.717) is 32.1 Å². The van der Waals surface area contributed by atoms with Crippen LogP contribution in [0.1, 0.15) is 97.0 Å². The number of rotatable bonds is 16. The zero-order chi connectivity index (χ0) is 22.7. The van der Waals surface area contributed by atoms with Crippen molar-refractivity contribution in [2.24, 2.45) is 10.8 Å². The van der Waals surface area contributed by atoms with Crippen molar-refractivity contribution >= 4 is 11.6 Å². The maximum atomic E-state index is 12.2. The smallest absolute Gasteiger partial charge is 0.148 e. The highest BCUT2D eigenvalue weighted by Crippen LogP contribution is 2.28. The number of nitrogens with zero attached hydrogens (tertiary/aromatic N) is 5. The third-order valence-corrected chi connectivity index (χ3v) is 5.70. The Kier molecular flexibility index (Phi) is 9.45. The summed E-state index contributed by atoms with van der Waals surface area (Å²) in [6.07, 6.45) is 9.82. The summed E-state index contributed by atoms with van der Waals surface area (Å²) in [6.45, 7) is 8.71. The van der Waals surface area contributed by atoms with Crippen LogP contribution in [0.2, 0.25) is 0 Å². The van der Waals surface area contributed by atoms with Crippen LogP contribution in [-0.2, 0) is 22.4 Å². The summed E-state index contributed by atoms with van der Waals surface area (Å²) in [5, 5.41) is 24.4. The number of nitrogens with one attached hydrogen (secondary N) is 2. The lowest BCUT2D eigenvalue weighted by Crippen LogP contribution is -2.16. The van der Waals surface area contributed by atoms with Crippen molar-refractivity contribution in [3.8, 4) is 0 Å². The summed E-state index contributed by atoms with van der Waals surface area (Å²) in [6, 6.07) is 0.